The molecule has 0 aliphatic carbocycles. The first kappa shape index (κ1) is 15.1. The lowest BCUT2D eigenvalue weighted by Gasteiger charge is -2.33. The van der Waals surface area contributed by atoms with Gasteiger partial charge in [0.1, 0.15) is 5.75 Å². The molecule has 0 saturated heterocycles. The maximum Gasteiger partial charge on any atom is 0.278 e. The van der Waals surface area contributed by atoms with Gasteiger partial charge in [0.25, 0.3) is 17.4 Å². The van der Waals surface area contributed by atoms with Gasteiger partial charge in [0.2, 0.25) is 0 Å². The highest BCUT2D eigenvalue weighted by molar-refractivity contribution is 6.15. The Bertz CT molecular complexity index is 758. The van der Waals surface area contributed by atoms with E-state index < -0.39 is 17.4 Å². The zero-order valence-electron chi connectivity index (χ0n) is 13.1. The lowest BCUT2D eigenvalue weighted by molar-refractivity contribution is -0.146. The van der Waals surface area contributed by atoms with Crippen LogP contribution in [0, 0.1) is 6.92 Å². The summed E-state index contributed by atoms with van der Waals surface area (Å²) in [6.07, 6.45) is 0. The molecule has 2 aromatic carbocycles. The van der Waals surface area contributed by atoms with Crippen LogP contribution in [0.4, 0.5) is 5.69 Å². The van der Waals surface area contributed by atoms with E-state index in [-0.39, 0.29) is 0 Å². The van der Waals surface area contributed by atoms with E-state index in [1.807, 2.05) is 49.4 Å². The molecule has 0 bridgehead atoms. The summed E-state index contributed by atoms with van der Waals surface area (Å²) in [4.78, 5) is 24.8. The summed E-state index contributed by atoms with van der Waals surface area (Å²) in [5.41, 5.74) is 0.960. The molecule has 3 rings (SSSR count). The molecular weight excluding hydrogens is 292 g/mol. The second-order valence-corrected chi connectivity index (χ2v) is 5.76. The number of aryl methyl sites for hydroxylation is 1. The third kappa shape index (κ3) is 2.90. The number of carbonyl (C=O) groups excluding carboxylic acids is 2. The normalized spacial score (nSPS) is 19.3. The highest BCUT2D eigenvalue weighted by Crippen LogP contribution is 2.34. The minimum Gasteiger partial charge on any atom is -0.466 e. The number of hydrogen-bond acceptors (Lipinski definition) is 3. The first-order valence-electron chi connectivity index (χ1n) is 7.42. The molecule has 0 radical (unpaired) electrons. The van der Waals surface area contributed by atoms with Crippen molar-refractivity contribution in [1.29, 1.82) is 0 Å². The van der Waals surface area contributed by atoms with Gasteiger partial charge in [-0.3, -0.25) is 9.59 Å². The van der Waals surface area contributed by atoms with Crippen molar-refractivity contribution >= 4 is 17.5 Å². The molecule has 0 aromatic heterocycles. The fourth-order valence-electron chi connectivity index (χ4n) is 2.43. The molecule has 2 aromatic rings. The van der Waals surface area contributed by atoms with Crippen molar-refractivity contribution in [1.82, 2.24) is 5.32 Å². The molecule has 23 heavy (non-hydrogen) atoms. The Morgan fingerprint density at radius 2 is 1.96 bits per heavy atom. The van der Waals surface area contributed by atoms with Crippen molar-refractivity contribution in [3.05, 3.63) is 59.7 Å². The molecule has 0 unspecified atom stereocenters. The monoisotopic (exact) mass is 310 g/mol. The van der Waals surface area contributed by atoms with E-state index in [9.17, 15) is 9.59 Å². The van der Waals surface area contributed by atoms with Gasteiger partial charge in [0.05, 0.1) is 5.69 Å². The summed E-state index contributed by atoms with van der Waals surface area (Å²) < 4.78 is 5.71. The molecular formula is C18H18N2O3. The van der Waals surface area contributed by atoms with Crippen molar-refractivity contribution in [2.45, 2.75) is 26.0 Å². The fraction of sp³-hybridized carbons (Fsp3) is 0.222. The number of ether oxygens (including phenoxy) is 1. The zero-order chi connectivity index (χ0) is 16.4. The maximum absolute atomic E-state index is 12.5. The van der Waals surface area contributed by atoms with Crippen LogP contribution >= 0.6 is 0 Å². The van der Waals surface area contributed by atoms with Crippen LogP contribution in [0.1, 0.15) is 18.1 Å². The van der Waals surface area contributed by atoms with Gasteiger partial charge in [-0.2, -0.15) is 0 Å². The molecule has 0 spiro atoms. The lowest BCUT2D eigenvalue weighted by atomic mass is 10.0. The van der Waals surface area contributed by atoms with Crippen molar-refractivity contribution in [3.63, 3.8) is 0 Å². The zero-order valence-corrected chi connectivity index (χ0v) is 13.1. The predicted molar refractivity (Wildman–Crippen MR) is 87.1 cm³/mol. The number of amides is 2. The number of nitrogens with one attached hydrogen (secondary N) is 2. The molecule has 1 atom stereocenters. The molecule has 5 nitrogen and oxygen atoms in total. The first-order valence-corrected chi connectivity index (χ1v) is 7.42. The van der Waals surface area contributed by atoms with Crippen LogP contribution < -0.4 is 15.4 Å². The van der Waals surface area contributed by atoms with E-state index in [4.69, 9.17) is 4.74 Å². The molecule has 2 N–H and O–H groups in total. The quantitative estimate of drug-likeness (QED) is 0.856. The third-order valence-electron chi connectivity index (χ3n) is 3.86. The highest BCUT2D eigenvalue weighted by Gasteiger charge is 2.47. The van der Waals surface area contributed by atoms with Gasteiger partial charge in [-0.05, 0) is 37.1 Å². The minimum absolute atomic E-state index is 0.340. The van der Waals surface area contributed by atoms with Gasteiger partial charge in [0.15, 0.2) is 0 Å². The van der Waals surface area contributed by atoms with Crippen molar-refractivity contribution in [2.24, 2.45) is 0 Å². The Balaban J connectivity index is 1.77. The predicted octanol–water partition coefficient (Wildman–Crippen LogP) is 2.40. The molecule has 1 heterocycles. The van der Waals surface area contributed by atoms with Gasteiger partial charge in [0, 0.05) is 6.54 Å². The number of hydrogen-bond donors (Lipinski definition) is 2. The highest BCUT2D eigenvalue weighted by atomic mass is 16.5. The molecule has 1 aliphatic heterocycles. The molecule has 1 aliphatic rings. The minimum atomic E-state index is -1.59. The lowest BCUT2D eigenvalue weighted by Crippen LogP contribution is -2.58. The van der Waals surface area contributed by atoms with Crippen LogP contribution in [0.2, 0.25) is 0 Å². The van der Waals surface area contributed by atoms with E-state index in [2.05, 4.69) is 10.6 Å². The third-order valence-corrected chi connectivity index (χ3v) is 3.86. The second kappa shape index (κ2) is 5.76. The van der Waals surface area contributed by atoms with Crippen LogP contribution in [0.3, 0.4) is 0 Å². The van der Waals surface area contributed by atoms with Gasteiger partial charge in [-0.15, -0.1) is 0 Å². The van der Waals surface area contributed by atoms with E-state index in [1.54, 1.807) is 6.07 Å². The van der Waals surface area contributed by atoms with Gasteiger partial charge >= 0.3 is 0 Å². The summed E-state index contributed by atoms with van der Waals surface area (Å²) in [5.74, 6) is -0.446. The van der Waals surface area contributed by atoms with Crippen LogP contribution in [0.15, 0.2) is 48.5 Å². The molecule has 0 fully saturated rings. The molecule has 0 saturated carbocycles. The molecule has 2 amide bonds. The van der Waals surface area contributed by atoms with Crippen LogP contribution in [-0.4, -0.2) is 17.4 Å². The molecule has 5 heteroatoms. The first-order chi connectivity index (χ1) is 11.0. The molecule has 118 valence electrons. The van der Waals surface area contributed by atoms with Crippen molar-refractivity contribution in [3.8, 4) is 5.75 Å². The number of carbonyl (C=O) groups is 2. The number of anilines is 1. The smallest absolute Gasteiger partial charge is 0.278 e. The Hall–Kier alpha value is -2.82. The second-order valence-electron chi connectivity index (χ2n) is 5.76. The summed E-state index contributed by atoms with van der Waals surface area (Å²) in [6, 6.07) is 14.9. The summed E-state index contributed by atoms with van der Waals surface area (Å²) in [6.45, 7) is 3.74. The van der Waals surface area contributed by atoms with E-state index >= 15 is 0 Å². The van der Waals surface area contributed by atoms with E-state index in [1.165, 1.54) is 6.92 Å². The number of fused-ring (bicyclic) bond motifs is 1. The summed E-state index contributed by atoms with van der Waals surface area (Å²) in [7, 11) is 0. The maximum atomic E-state index is 12.5. The Morgan fingerprint density at radius 1 is 1.22 bits per heavy atom. The van der Waals surface area contributed by atoms with Gasteiger partial charge in [-0.25, -0.2) is 0 Å². The van der Waals surface area contributed by atoms with Crippen LogP contribution in [-0.2, 0) is 16.1 Å². The number of rotatable bonds is 3. The number of benzene rings is 2. The fourth-order valence-corrected chi connectivity index (χ4v) is 2.43. The average Bonchev–Trinajstić information content (AvgIpc) is 2.55. The summed E-state index contributed by atoms with van der Waals surface area (Å²) >= 11 is 0. The Kier molecular flexibility index (Phi) is 3.78. The largest absolute Gasteiger partial charge is 0.466 e. The Labute approximate surface area is 134 Å². The van der Waals surface area contributed by atoms with Crippen LogP contribution in [0.5, 0.6) is 5.75 Å². The summed E-state index contributed by atoms with van der Waals surface area (Å²) in [5, 5.41) is 5.50. The van der Waals surface area contributed by atoms with Gasteiger partial charge in [-0.1, -0.05) is 36.4 Å². The van der Waals surface area contributed by atoms with Crippen molar-refractivity contribution < 1.29 is 14.3 Å². The SMILES string of the molecule is Cc1ccc2c(c1)NC(=O)[C@](C)(C(=O)NCc1ccccc1)O2. The Morgan fingerprint density at radius 3 is 2.70 bits per heavy atom. The van der Waals surface area contributed by atoms with E-state index in [0.29, 0.717) is 18.0 Å². The average molecular weight is 310 g/mol. The van der Waals surface area contributed by atoms with E-state index in [0.717, 1.165) is 11.1 Å². The van der Waals surface area contributed by atoms with Crippen LogP contribution in [0.25, 0.3) is 0 Å². The topological polar surface area (TPSA) is 67.4 Å². The van der Waals surface area contributed by atoms with Crippen molar-refractivity contribution in [2.75, 3.05) is 5.32 Å². The van der Waals surface area contributed by atoms with Gasteiger partial charge < -0.3 is 15.4 Å². The standard InChI is InChI=1S/C18H18N2O3/c1-12-8-9-15-14(10-12)20-17(22)18(2,23-15)16(21)19-11-13-6-4-3-5-7-13/h3-10H,11H2,1-2H3,(H,19,21)(H,20,22)/t18-/m0/s1.